The maximum Gasteiger partial charge on any atom is 0.152 e. The highest BCUT2D eigenvalue weighted by atomic mass is 32.2. The van der Waals surface area contributed by atoms with Gasteiger partial charge in [0.2, 0.25) is 0 Å². The second-order valence-corrected chi connectivity index (χ2v) is 8.94. The van der Waals surface area contributed by atoms with Crippen LogP contribution in [0.4, 0.5) is 0 Å². The van der Waals surface area contributed by atoms with Gasteiger partial charge in [0, 0.05) is 11.7 Å². The van der Waals surface area contributed by atoms with Gasteiger partial charge in [-0.25, -0.2) is 8.42 Å². The van der Waals surface area contributed by atoms with Gasteiger partial charge in [0.05, 0.1) is 22.7 Å². The average molecular weight is 313 g/mol. The van der Waals surface area contributed by atoms with Crippen LogP contribution < -0.4 is 5.32 Å². The van der Waals surface area contributed by atoms with Gasteiger partial charge in [-0.1, -0.05) is 13.8 Å². The Bertz CT molecular complexity index is 619. The van der Waals surface area contributed by atoms with Crippen LogP contribution in [0.2, 0.25) is 0 Å². The zero-order chi connectivity index (χ0) is 15.8. The van der Waals surface area contributed by atoms with Crippen molar-refractivity contribution in [3.05, 3.63) is 17.0 Å². The van der Waals surface area contributed by atoms with Gasteiger partial charge in [0.25, 0.3) is 0 Å². The summed E-state index contributed by atoms with van der Waals surface area (Å²) in [6.45, 7) is 11.3. The van der Waals surface area contributed by atoms with Crippen LogP contribution in [0, 0.1) is 13.8 Å². The fourth-order valence-corrected chi connectivity index (χ4v) is 5.32. The molecule has 0 aliphatic carbocycles. The molecule has 0 bridgehead atoms. The van der Waals surface area contributed by atoms with Crippen LogP contribution >= 0.6 is 0 Å². The Morgan fingerprint density at radius 1 is 1.38 bits per heavy atom. The number of aryl methyl sites for hydroxylation is 1. The quantitative estimate of drug-likeness (QED) is 0.896. The van der Waals surface area contributed by atoms with Crippen LogP contribution in [0.3, 0.4) is 0 Å². The zero-order valence-corrected chi connectivity index (χ0v) is 14.5. The SMILES string of the molecule is Cc1nn(C2(C)CCS(=O)(=O)C2)c(C)c1CCNC(C)C. The Kier molecular flexibility index (Phi) is 4.49. The number of hydrogen-bond donors (Lipinski definition) is 1. The van der Waals surface area contributed by atoms with E-state index in [-0.39, 0.29) is 11.5 Å². The Balaban J connectivity index is 2.23. The molecular weight excluding hydrogens is 286 g/mol. The molecule has 0 aromatic carbocycles. The highest BCUT2D eigenvalue weighted by Gasteiger charge is 2.41. The topological polar surface area (TPSA) is 64.0 Å². The molecule has 1 saturated heterocycles. The first-order valence-corrected chi connectivity index (χ1v) is 9.46. The Hall–Kier alpha value is -0.880. The molecule has 0 amide bonds. The van der Waals surface area contributed by atoms with Crippen LogP contribution in [0.1, 0.15) is 44.1 Å². The third kappa shape index (κ3) is 3.48. The fraction of sp³-hybridized carbons (Fsp3) is 0.800. The van der Waals surface area contributed by atoms with Crippen molar-refractivity contribution in [2.24, 2.45) is 0 Å². The minimum absolute atomic E-state index is 0.200. The van der Waals surface area contributed by atoms with Crippen molar-refractivity contribution in [2.45, 2.75) is 59.0 Å². The molecule has 1 N–H and O–H groups in total. The molecule has 0 saturated carbocycles. The summed E-state index contributed by atoms with van der Waals surface area (Å²) >= 11 is 0. The van der Waals surface area contributed by atoms with Gasteiger partial charge in [-0.3, -0.25) is 4.68 Å². The molecule has 1 aromatic rings. The molecule has 1 aliphatic heterocycles. The van der Waals surface area contributed by atoms with E-state index in [4.69, 9.17) is 0 Å². The van der Waals surface area contributed by atoms with Gasteiger partial charge in [0.1, 0.15) is 0 Å². The first-order chi connectivity index (χ1) is 9.65. The van der Waals surface area contributed by atoms with E-state index in [1.807, 2.05) is 18.5 Å². The molecule has 5 nitrogen and oxygen atoms in total. The lowest BCUT2D eigenvalue weighted by atomic mass is 10.0. The van der Waals surface area contributed by atoms with Gasteiger partial charge in [-0.05, 0) is 45.7 Å². The summed E-state index contributed by atoms with van der Waals surface area (Å²) in [5.41, 5.74) is 2.98. The predicted octanol–water partition coefficient (Wildman–Crippen LogP) is 1.57. The average Bonchev–Trinajstić information content (AvgIpc) is 2.80. The standard InChI is InChI=1S/C15H27N3O2S/c1-11(2)16-8-6-14-12(3)17-18(13(14)4)15(5)7-9-21(19,20)10-15/h11,16H,6-10H2,1-5H3. The van der Waals surface area contributed by atoms with Crippen LogP contribution in [0.25, 0.3) is 0 Å². The largest absolute Gasteiger partial charge is 0.314 e. The molecule has 6 heteroatoms. The van der Waals surface area contributed by atoms with Crippen LogP contribution in [-0.2, 0) is 21.8 Å². The Morgan fingerprint density at radius 3 is 2.57 bits per heavy atom. The van der Waals surface area contributed by atoms with Crippen molar-refractivity contribution in [3.8, 4) is 0 Å². The van der Waals surface area contributed by atoms with E-state index in [9.17, 15) is 8.42 Å². The summed E-state index contributed by atoms with van der Waals surface area (Å²) in [6, 6.07) is 0.471. The van der Waals surface area contributed by atoms with Crippen molar-refractivity contribution in [3.63, 3.8) is 0 Å². The van der Waals surface area contributed by atoms with Crippen molar-refractivity contribution in [2.75, 3.05) is 18.1 Å². The van der Waals surface area contributed by atoms with E-state index < -0.39 is 15.4 Å². The second-order valence-electron chi connectivity index (χ2n) is 6.76. The van der Waals surface area contributed by atoms with Crippen LogP contribution in [-0.4, -0.2) is 42.3 Å². The number of nitrogens with zero attached hydrogens (tertiary/aromatic N) is 2. The first-order valence-electron chi connectivity index (χ1n) is 7.64. The van der Waals surface area contributed by atoms with Gasteiger partial charge in [0.15, 0.2) is 9.84 Å². The lowest BCUT2D eigenvalue weighted by molar-refractivity contribution is 0.320. The smallest absolute Gasteiger partial charge is 0.152 e. The van der Waals surface area contributed by atoms with Crippen molar-refractivity contribution >= 4 is 9.84 Å². The lowest BCUT2D eigenvalue weighted by Crippen LogP contribution is -2.33. The predicted molar refractivity (Wildman–Crippen MR) is 85.5 cm³/mol. The third-order valence-electron chi connectivity index (χ3n) is 4.36. The first kappa shape index (κ1) is 16.5. The number of nitrogens with one attached hydrogen (secondary N) is 1. The molecule has 21 heavy (non-hydrogen) atoms. The molecule has 120 valence electrons. The molecule has 0 radical (unpaired) electrons. The highest BCUT2D eigenvalue weighted by molar-refractivity contribution is 7.91. The molecule has 1 atom stereocenters. The normalized spacial score (nSPS) is 24.9. The van der Waals surface area contributed by atoms with E-state index >= 15 is 0 Å². The minimum Gasteiger partial charge on any atom is -0.314 e. The molecule has 1 unspecified atom stereocenters. The molecule has 2 heterocycles. The maximum absolute atomic E-state index is 11.8. The van der Waals surface area contributed by atoms with Gasteiger partial charge >= 0.3 is 0 Å². The van der Waals surface area contributed by atoms with Crippen molar-refractivity contribution in [1.82, 2.24) is 15.1 Å². The minimum atomic E-state index is -2.92. The number of sulfone groups is 1. The van der Waals surface area contributed by atoms with E-state index in [1.54, 1.807) is 0 Å². The summed E-state index contributed by atoms with van der Waals surface area (Å²) in [5.74, 6) is 0.470. The molecule has 1 fully saturated rings. The molecule has 2 rings (SSSR count). The molecule has 1 aliphatic rings. The molecule has 1 aromatic heterocycles. The molecular formula is C15H27N3O2S. The number of hydrogen-bond acceptors (Lipinski definition) is 4. The van der Waals surface area contributed by atoms with E-state index in [2.05, 4.69) is 31.2 Å². The lowest BCUT2D eigenvalue weighted by Gasteiger charge is -2.25. The fourth-order valence-electron chi connectivity index (χ4n) is 3.21. The van der Waals surface area contributed by atoms with E-state index in [0.29, 0.717) is 12.5 Å². The van der Waals surface area contributed by atoms with Gasteiger partial charge < -0.3 is 5.32 Å². The number of aromatic nitrogens is 2. The second kappa shape index (κ2) is 5.72. The maximum atomic E-state index is 11.8. The monoisotopic (exact) mass is 313 g/mol. The van der Waals surface area contributed by atoms with Gasteiger partial charge in [-0.15, -0.1) is 0 Å². The Labute approximate surface area is 128 Å². The summed E-state index contributed by atoms with van der Waals surface area (Å²) < 4.78 is 25.6. The Morgan fingerprint density at radius 2 is 2.05 bits per heavy atom. The third-order valence-corrected chi connectivity index (χ3v) is 6.25. The molecule has 0 spiro atoms. The van der Waals surface area contributed by atoms with Crippen molar-refractivity contribution < 1.29 is 8.42 Å². The van der Waals surface area contributed by atoms with Crippen LogP contribution in [0.5, 0.6) is 0 Å². The summed E-state index contributed by atoms with van der Waals surface area (Å²) in [6.07, 6.45) is 1.58. The summed E-state index contributed by atoms with van der Waals surface area (Å²) in [5, 5.41) is 8.07. The van der Waals surface area contributed by atoms with Gasteiger partial charge in [-0.2, -0.15) is 5.10 Å². The summed E-state index contributed by atoms with van der Waals surface area (Å²) in [7, 11) is -2.92. The van der Waals surface area contributed by atoms with Crippen LogP contribution in [0.15, 0.2) is 0 Å². The van der Waals surface area contributed by atoms with Crippen molar-refractivity contribution in [1.29, 1.82) is 0 Å². The van der Waals surface area contributed by atoms with E-state index in [0.717, 1.165) is 24.4 Å². The number of rotatable bonds is 5. The zero-order valence-electron chi connectivity index (χ0n) is 13.7. The summed E-state index contributed by atoms with van der Waals surface area (Å²) in [4.78, 5) is 0. The van der Waals surface area contributed by atoms with E-state index in [1.165, 1.54) is 5.56 Å². The highest BCUT2D eigenvalue weighted by Crippen LogP contribution is 2.32.